The van der Waals surface area contributed by atoms with Crippen LogP contribution in [0.3, 0.4) is 0 Å². The summed E-state index contributed by atoms with van der Waals surface area (Å²) >= 11 is 3.34. The van der Waals surface area contributed by atoms with Gasteiger partial charge in [-0.05, 0) is 31.5 Å². The first kappa shape index (κ1) is 13.1. The molecule has 0 spiro atoms. The van der Waals surface area contributed by atoms with Gasteiger partial charge < -0.3 is 4.74 Å². The summed E-state index contributed by atoms with van der Waals surface area (Å²) in [5.41, 5.74) is 2.96. The summed E-state index contributed by atoms with van der Waals surface area (Å²) in [4.78, 5) is 0. The van der Waals surface area contributed by atoms with Crippen molar-refractivity contribution in [1.29, 1.82) is 0 Å². The van der Waals surface area contributed by atoms with E-state index in [1.807, 2.05) is 38.1 Å². The topological polar surface area (TPSA) is 9.23 Å². The second-order valence-electron chi connectivity index (χ2n) is 4.23. The van der Waals surface area contributed by atoms with E-state index in [9.17, 15) is 4.39 Å². The highest BCUT2D eigenvalue weighted by molar-refractivity contribution is 9.08. The summed E-state index contributed by atoms with van der Waals surface area (Å²) in [7, 11) is 0. The Morgan fingerprint density at radius 3 is 2.61 bits per heavy atom. The number of halogens is 2. The molecule has 0 N–H and O–H groups in total. The molecule has 0 heterocycles. The van der Waals surface area contributed by atoms with E-state index in [-0.39, 0.29) is 5.82 Å². The Hall–Kier alpha value is -1.35. The number of hydrogen-bond acceptors (Lipinski definition) is 1. The number of para-hydroxylation sites is 1. The maximum Gasteiger partial charge on any atom is 0.167 e. The predicted molar refractivity (Wildman–Crippen MR) is 75.0 cm³/mol. The molecule has 0 saturated heterocycles. The van der Waals surface area contributed by atoms with Crippen LogP contribution in [-0.2, 0) is 5.33 Å². The maximum atomic E-state index is 13.8. The minimum absolute atomic E-state index is 0.293. The summed E-state index contributed by atoms with van der Waals surface area (Å²) in [6.45, 7) is 3.97. The molecule has 2 aromatic rings. The van der Waals surface area contributed by atoms with Gasteiger partial charge in [-0.2, -0.15) is 0 Å². The van der Waals surface area contributed by atoms with Gasteiger partial charge in [-0.25, -0.2) is 4.39 Å². The van der Waals surface area contributed by atoms with Gasteiger partial charge in [-0.15, -0.1) is 0 Å². The fraction of sp³-hybridized carbons (Fsp3) is 0.200. The Morgan fingerprint density at radius 2 is 1.94 bits per heavy atom. The van der Waals surface area contributed by atoms with Crippen molar-refractivity contribution in [2.24, 2.45) is 0 Å². The van der Waals surface area contributed by atoms with Crippen molar-refractivity contribution in [2.45, 2.75) is 19.2 Å². The van der Waals surface area contributed by atoms with Gasteiger partial charge in [0.05, 0.1) is 0 Å². The van der Waals surface area contributed by atoms with Crippen molar-refractivity contribution in [3.8, 4) is 11.5 Å². The highest BCUT2D eigenvalue weighted by atomic mass is 79.9. The lowest BCUT2D eigenvalue weighted by Gasteiger charge is -2.12. The number of rotatable bonds is 3. The van der Waals surface area contributed by atoms with Crippen LogP contribution in [0.1, 0.15) is 16.7 Å². The Kier molecular flexibility index (Phi) is 4.02. The van der Waals surface area contributed by atoms with Crippen molar-refractivity contribution in [2.75, 3.05) is 0 Å². The first-order valence-corrected chi connectivity index (χ1v) is 6.82. The predicted octanol–water partition coefficient (Wildman–Crippen LogP) is 5.13. The normalized spacial score (nSPS) is 10.4. The van der Waals surface area contributed by atoms with E-state index < -0.39 is 0 Å². The molecule has 0 bridgehead atoms. The van der Waals surface area contributed by atoms with Crippen LogP contribution < -0.4 is 4.74 Å². The zero-order chi connectivity index (χ0) is 13.1. The molecular weight excluding hydrogens is 295 g/mol. The molecule has 0 aliphatic heterocycles. The zero-order valence-corrected chi connectivity index (χ0v) is 11.9. The highest BCUT2D eigenvalue weighted by Gasteiger charge is 2.11. The minimum Gasteiger partial charge on any atom is -0.454 e. The van der Waals surface area contributed by atoms with E-state index in [0.717, 1.165) is 16.7 Å². The lowest BCUT2D eigenvalue weighted by molar-refractivity contribution is 0.435. The van der Waals surface area contributed by atoms with E-state index in [0.29, 0.717) is 16.8 Å². The lowest BCUT2D eigenvalue weighted by atomic mass is 10.1. The number of ether oxygens (including phenoxy) is 1. The average molecular weight is 309 g/mol. The third-order valence-corrected chi connectivity index (χ3v) is 3.34. The van der Waals surface area contributed by atoms with Gasteiger partial charge in [0.15, 0.2) is 11.6 Å². The number of benzene rings is 2. The number of alkyl halides is 1. The van der Waals surface area contributed by atoms with Crippen molar-refractivity contribution in [3.63, 3.8) is 0 Å². The summed E-state index contributed by atoms with van der Waals surface area (Å²) in [6.07, 6.45) is 0. The van der Waals surface area contributed by atoms with Gasteiger partial charge >= 0.3 is 0 Å². The van der Waals surface area contributed by atoms with Crippen molar-refractivity contribution in [1.82, 2.24) is 0 Å². The third kappa shape index (κ3) is 2.72. The maximum absolute atomic E-state index is 13.8. The molecule has 0 aliphatic carbocycles. The van der Waals surface area contributed by atoms with Crippen molar-refractivity contribution >= 4 is 15.9 Å². The van der Waals surface area contributed by atoms with Gasteiger partial charge in [0.25, 0.3) is 0 Å². The Balaban J connectivity index is 2.39. The van der Waals surface area contributed by atoms with E-state index in [1.54, 1.807) is 6.07 Å². The number of hydrogen-bond donors (Lipinski definition) is 0. The molecule has 0 aliphatic rings. The van der Waals surface area contributed by atoms with Gasteiger partial charge in [-0.3, -0.25) is 0 Å². The first-order valence-electron chi connectivity index (χ1n) is 5.70. The first-order chi connectivity index (χ1) is 8.61. The van der Waals surface area contributed by atoms with Gasteiger partial charge in [0.2, 0.25) is 0 Å². The lowest BCUT2D eigenvalue weighted by Crippen LogP contribution is -1.95. The molecule has 2 rings (SSSR count). The summed E-state index contributed by atoms with van der Waals surface area (Å²) in [5.74, 6) is 0.640. The van der Waals surface area contributed by atoms with Gasteiger partial charge in [0.1, 0.15) is 5.75 Å². The Morgan fingerprint density at radius 1 is 1.17 bits per heavy atom. The Labute approximate surface area is 115 Å². The molecular formula is C15H14BrFO. The smallest absolute Gasteiger partial charge is 0.167 e. The third-order valence-electron chi connectivity index (χ3n) is 2.73. The van der Waals surface area contributed by atoms with Crippen LogP contribution in [0, 0.1) is 19.7 Å². The molecule has 2 aromatic carbocycles. The second kappa shape index (κ2) is 5.53. The molecule has 94 valence electrons. The summed E-state index contributed by atoms with van der Waals surface area (Å²) in [5, 5.41) is 0.561. The molecule has 0 atom stereocenters. The van der Waals surface area contributed by atoms with Crippen molar-refractivity contribution in [3.05, 3.63) is 58.9 Å². The average Bonchev–Trinajstić information content (AvgIpc) is 2.34. The van der Waals surface area contributed by atoms with E-state index in [1.165, 1.54) is 6.07 Å². The Bertz CT molecular complexity index is 566. The van der Waals surface area contributed by atoms with Gasteiger partial charge in [-0.1, -0.05) is 45.8 Å². The van der Waals surface area contributed by atoms with Gasteiger partial charge in [0, 0.05) is 10.9 Å². The van der Waals surface area contributed by atoms with Crippen LogP contribution in [0.4, 0.5) is 4.39 Å². The van der Waals surface area contributed by atoms with Crippen LogP contribution in [-0.4, -0.2) is 0 Å². The van der Waals surface area contributed by atoms with E-state index in [4.69, 9.17) is 4.74 Å². The fourth-order valence-electron chi connectivity index (χ4n) is 1.80. The van der Waals surface area contributed by atoms with Crippen LogP contribution in [0.25, 0.3) is 0 Å². The molecule has 1 nitrogen and oxygen atoms in total. The summed E-state index contributed by atoms with van der Waals surface area (Å²) in [6, 6.07) is 10.8. The minimum atomic E-state index is -0.341. The monoisotopic (exact) mass is 308 g/mol. The number of aryl methyl sites for hydroxylation is 2. The van der Waals surface area contributed by atoms with Crippen LogP contribution in [0.2, 0.25) is 0 Å². The highest BCUT2D eigenvalue weighted by Crippen LogP contribution is 2.31. The second-order valence-corrected chi connectivity index (χ2v) is 4.79. The molecule has 0 radical (unpaired) electrons. The van der Waals surface area contributed by atoms with Crippen LogP contribution >= 0.6 is 15.9 Å². The molecule has 3 heteroatoms. The quantitative estimate of drug-likeness (QED) is 0.714. The molecule has 0 unspecified atom stereocenters. The molecule has 0 aromatic heterocycles. The van der Waals surface area contributed by atoms with Crippen molar-refractivity contribution < 1.29 is 9.13 Å². The molecule has 0 fully saturated rings. The molecule has 0 amide bonds. The van der Waals surface area contributed by atoms with E-state index in [2.05, 4.69) is 15.9 Å². The van der Waals surface area contributed by atoms with E-state index >= 15 is 0 Å². The standard InChI is InChI=1S/C15H14BrFO/c1-10-6-7-14(11(2)8-10)18-15-12(9-16)4-3-5-13(15)17/h3-8H,9H2,1-2H3. The molecule has 18 heavy (non-hydrogen) atoms. The fourth-order valence-corrected chi connectivity index (χ4v) is 2.24. The summed E-state index contributed by atoms with van der Waals surface area (Å²) < 4.78 is 19.5. The largest absolute Gasteiger partial charge is 0.454 e. The van der Waals surface area contributed by atoms with Crippen LogP contribution in [0.15, 0.2) is 36.4 Å². The van der Waals surface area contributed by atoms with Crippen LogP contribution in [0.5, 0.6) is 11.5 Å². The SMILES string of the molecule is Cc1ccc(Oc2c(F)cccc2CBr)c(C)c1. The molecule has 0 saturated carbocycles. The zero-order valence-electron chi connectivity index (χ0n) is 10.3.